The molecule has 0 spiro atoms. The molecule has 0 radical (unpaired) electrons. The third-order valence-corrected chi connectivity index (χ3v) is 1.86. The minimum Gasteiger partial charge on any atom is -0.0801 e. The van der Waals surface area contributed by atoms with Crippen LogP contribution in [0.1, 0.15) is 45.2 Å². The third-order valence-electron chi connectivity index (χ3n) is 1.86. The summed E-state index contributed by atoms with van der Waals surface area (Å²) >= 11 is 0. The highest BCUT2D eigenvalue weighted by Crippen LogP contribution is 2.15. The van der Waals surface area contributed by atoms with E-state index in [0.29, 0.717) is 0 Å². The number of rotatable bonds is 0. The van der Waals surface area contributed by atoms with Crippen LogP contribution in [0.3, 0.4) is 0 Å². The van der Waals surface area contributed by atoms with Crippen LogP contribution in [0, 0.1) is 0 Å². The second-order valence-corrected chi connectivity index (χ2v) is 2.67. The van der Waals surface area contributed by atoms with E-state index in [9.17, 15) is 0 Å². The molecule has 1 aliphatic carbocycles. The molecule has 82 valence electrons. The Kier molecular flexibility index (Phi) is 8.46. The number of benzene rings is 1. The van der Waals surface area contributed by atoms with Crippen LogP contribution in [-0.4, -0.2) is 0 Å². The van der Waals surface area contributed by atoms with Gasteiger partial charge >= 0.3 is 0 Å². The Hall–Kier alpha value is -1.30. The zero-order valence-electron chi connectivity index (χ0n) is 10.3. The SMILES string of the molecule is C1=Cc2ccccc2C=CC1.CC.CC. The first-order valence-electron chi connectivity index (χ1n) is 5.89. The smallest absolute Gasteiger partial charge is 0.0162 e. The van der Waals surface area contributed by atoms with Crippen LogP contribution in [0.5, 0.6) is 0 Å². The highest BCUT2D eigenvalue weighted by Gasteiger charge is 1.94. The van der Waals surface area contributed by atoms with E-state index in [-0.39, 0.29) is 0 Å². The van der Waals surface area contributed by atoms with Crippen LogP contribution in [0.4, 0.5) is 0 Å². The van der Waals surface area contributed by atoms with Gasteiger partial charge in [0.2, 0.25) is 0 Å². The van der Waals surface area contributed by atoms with Crippen molar-refractivity contribution in [1.82, 2.24) is 0 Å². The Balaban J connectivity index is 0.000000442. The minimum absolute atomic E-state index is 1.05. The molecule has 1 aromatic carbocycles. The molecule has 0 heterocycles. The Labute approximate surface area is 94.3 Å². The van der Waals surface area contributed by atoms with Gasteiger partial charge in [0.1, 0.15) is 0 Å². The zero-order valence-corrected chi connectivity index (χ0v) is 10.3. The number of allylic oxidation sites excluding steroid dienone is 2. The van der Waals surface area contributed by atoms with Crippen LogP contribution in [0.25, 0.3) is 12.2 Å². The van der Waals surface area contributed by atoms with E-state index in [0.717, 1.165) is 6.42 Å². The summed E-state index contributed by atoms with van der Waals surface area (Å²) in [5.74, 6) is 0. The lowest BCUT2D eigenvalue weighted by Crippen LogP contribution is -1.76. The molecule has 1 aliphatic rings. The maximum absolute atomic E-state index is 2.18. The van der Waals surface area contributed by atoms with Crippen molar-refractivity contribution in [3.05, 3.63) is 47.5 Å². The highest BCUT2D eigenvalue weighted by molar-refractivity contribution is 5.67. The Morgan fingerprint density at radius 3 is 1.53 bits per heavy atom. The molecule has 0 saturated heterocycles. The van der Waals surface area contributed by atoms with Crippen molar-refractivity contribution >= 4 is 12.2 Å². The molecule has 0 aromatic heterocycles. The first kappa shape index (κ1) is 13.7. The quantitative estimate of drug-likeness (QED) is 0.544. The molecule has 0 nitrogen and oxygen atoms in total. The Morgan fingerprint density at radius 1 is 0.733 bits per heavy atom. The maximum Gasteiger partial charge on any atom is -0.0162 e. The largest absolute Gasteiger partial charge is 0.0801 e. The van der Waals surface area contributed by atoms with Crippen LogP contribution in [-0.2, 0) is 0 Å². The standard InChI is InChI=1S/C11H10.2C2H6/c1-2-6-10-8-4-5-9-11(10)7-3-1;2*1-2/h2-9H,1H2;2*1-2H3. The van der Waals surface area contributed by atoms with Gasteiger partial charge in [-0.15, -0.1) is 0 Å². The molecular formula is C15H22. The third kappa shape index (κ3) is 4.64. The molecule has 0 aliphatic heterocycles. The molecule has 2 rings (SSSR count). The second kappa shape index (κ2) is 9.26. The summed E-state index contributed by atoms with van der Waals surface area (Å²) in [7, 11) is 0. The fourth-order valence-electron chi connectivity index (χ4n) is 1.28. The van der Waals surface area contributed by atoms with Crippen LogP contribution in [0.15, 0.2) is 36.4 Å². The summed E-state index contributed by atoms with van der Waals surface area (Å²) in [6.07, 6.45) is 9.77. The lowest BCUT2D eigenvalue weighted by atomic mass is 10.1. The number of hydrogen-bond acceptors (Lipinski definition) is 0. The maximum atomic E-state index is 2.18. The number of hydrogen-bond donors (Lipinski definition) is 0. The van der Waals surface area contributed by atoms with Gasteiger partial charge in [0.25, 0.3) is 0 Å². The van der Waals surface area contributed by atoms with Crippen molar-refractivity contribution in [2.24, 2.45) is 0 Å². The van der Waals surface area contributed by atoms with Crippen LogP contribution in [0.2, 0.25) is 0 Å². The van der Waals surface area contributed by atoms with Crippen molar-refractivity contribution in [2.45, 2.75) is 34.1 Å². The molecule has 0 amide bonds. The summed E-state index contributed by atoms with van der Waals surface area (Å²) in [6.45, 7) is 8.00. The molecule has 1 aromatic rings. The summed E-state index contributed by atoms with van der Waals surface area (Å²) in [4.78, 5) is 0. The van der Waals surface area contributed by atoms with E-state index in [1.165, 1.54) is 11.1 Å². The molecule has 0 atom stereocenters. The van der Waals surface area contributed by atoms with Gasteiger partial charge in [-0.2, -0.15) is 0 Å². The summed E-state index contributed by atoms with van der Waals surface area (Å²) in [5, 5.41) is 0. The summed E-state index contributed by atoms with van der Waals surface area (Å²) in [6, 6.07) is 8.42. The van der Waals surface area contributed by atoms with Crippen molar-refractivity contribution in [1.29, 1.82) is 0 Å². The van der Waals surface area contributed by atoms with E-state index in [2.05, 4.69) is 48.6 Å². The molecule has 0 bridgehead atoms. The zero-order chi connectivity index (χ0) is 11.5. The monoisotopic (exact) mass is 202 g/mol. The van der Waals surface area contributed by atoms with Crippen molar-refractivity contribution < 1.29 is 0 Å². The predicted octanol–water partition coefficient (Wildman–Crippen LogP) is 5.17. The molecular weight excluding hydrogens is 180 g/mol. The first-order valence-corrected chi connectivity index (χ1v) is 5.89. The average molecular weight is 202 g/mol. The average Bonchev–Trinajstić information content (AvgIpc) is 2.59. The van der Waals surface area contributed by atoms with Gasteiger partial charge < -0.3 is 0 Å². The van der Waals surface area contributed by atoms with Crippen molar-refractivity contribution in [3.8, 4) is 0 Å². The Bertz CT molecular complexity index is 275. The molecule has 0 N–H and O–H groups in total. The van der Waals surface area contributed by atoms with Crippen molar-refractivity contribution in [2.75, 3.05) is 0 Å². The van der Waals surface area contributed by atoms with Gasteiger partial charge in [0, 0.05) is 0 Å². The predicted molar refractivity (Wildman–Crippen MR) is 71.8 cm³/mol. The molecule has 0 unspecified atom stereocenters. The van der Waals surface area contributed by atoms with Crippen molar-refractivity contribution in [3.63, 3.8) is 0 Å². The van der Waals surface area contributed by atoms with Crippen LogP contribution >= 0.6 is 0 Å². The van der Waals surface area contributed by atoms with Gasteiger partial charge in [-0.25, -0.2) is 0 Å². The van der Waals surface area contributed by atoms with E-state index < -0.39 is 0 Å². The molecule has 0 fully saturated rings. The summed E-state index contributed by atoms with van der Waals surface area (Å²) < 4.78 is 0. The molecule has 15 heavy (non-hydrogen) atoms. The molecule has 0 saturated carbocycles. The topological polar surface area (TPSA) is 0 Å². The highest BCUT2D eigenvalue weighted by atomic mass is 14.0. The lowest BCUT2D eigenvalue weighted by Gasteiger charge is -1.96. The van der Waals surface area contributed by atoms with Gasteiger partial charge in [-0.3, -0.25) is 0 Å². The first-order chi connectivity index (χ1) is 7.47. The summed E-state index contributed by atoms with van der Waals surface area (Å²) in [5.41, 5.74) is 2.64. The van der Waals surface area contributed by atoms with Gasteiger partial charge in [0.05, 0.1) is 0 Å². The van der Waals surface area contributed by atoms with E-state index in [1.54, 1.807) is 0 Å². The Morgan fingerprint density at radius 2 is 1.13 bits per heavy atom. The van der Waals surface area contributed by atoms with Gasteiger partial charge in [-0.1, -0.05) is 76.3 Å². The second-order valence-electron chi connectivity index (χ2n) is 2.67. The van der Waals surface area contributed by atoms with E-state index in [1.807, 2.05) is 27.7 Å². The fraction of sp³-hybridized carbons (Fsp3) is 0.333. The van der Waals surface area contributed by atoms with Gasteiger partial charge in [0.15, 0.2) is 0 Å². The fourth-order valence-corrected chi connectivity index (χ4v) is 1.28. The lowest BCUT2D eigenvalue weighted by molar-refractivity contribution is 1.44. The molecule has 0 heteroatoms. The van der Waals surface area contributed by atoms with Crippen LogP contribution < -0.4 is 0 Å². The van der Waals surface area contributed by atoms with E-state index >= 15 is 0 Å². The normalized spacial score (nSPS) is 11.2. The van der Waals surface area contributed by atoms with E-state index in [4.69, 9.17) is 0 Å². The van der Waals surface area contributed by atoms with Gasteiger partial charge in [-0.05, 0) is 17.5 Å². The number of fused-ring (bicyclic) bond motifs is 1. The minimum atomic E-state index is 1.05.